The number of carboxylic acid groups (broad SMARTS) is 1. The van der Waals surface area contributed by atoms with Gasteiger partial charge in [-0.1, -0.05) is 11.6 Å². The highest BCUT2D eigenvalue weighted by molar-refractivity contribution is 5.84. The molecule has 0 aliphatic carbocycles. The maximum Gasteiger partial charge on any atom is 0.288 e. The van der Waals surface area contributed by atoms with Gasteiger partial charge in [0, 0.05) is 0 Å². The summed E-state index contributed by atoms with van der Waals surface area (Å²) in [5.41, 5.74) is 1.70. The standard InChI is InChI=1S/C10H10NO3/c1-14-7-2-3-8-6(4-7)5-9(11-8)10(12)13/h2-4,9H,5H2,1H3,(H,12,13)/q-1. The number of carbonyl (C=O) groups is 1. The Balaban J connectivity index is 2.27. The Morgan fingerprint density at radius 3 is 3.07 bits per heavy atom. The number of rotatable bonds is 2. The van der Waals surface area contributed by atoms with Crippen molar-refractivity contribution in [3.63, 3.8) is 0 Å². The summed E-state index contributed by atoms with van der Waals surface area (Å²) in [5, 5.41) is 12.9. The van der Waals surface area contributed by atoms with Crippen LogP contribution < -0.4 is 4.74 Å². The lowest BCUT2D eigenvalue weighted by Crippen LogP contribution is -2.16. The van der Waals surface area contributed by atoms with E-state index in [0.29, 0.717) is 6.42 Å². The van der Waals surface area contributed by atoms with Crippen LogP contribution in [0.15, 0.2) is 18.2 Å². The second kappa shape index (κ2) is 3.21. The maximum atomic E-state index is 10.7. The molecule has 0 amide bonds. The molecule has 1 unspecified atom stereocenters. The van der Waals surface area contributed by atoms with E-state index in [1.807, 2.05) is 6.07 Å². The quantitative estimate of drug-likeness (QED) is 0.775. The average molecular weight is 192 g/mol. The molecule has 4 nitrogen and oxygen atoms in total. The lowest BCUT2D eigenvalue weighted by molar-refractivity contribution is -0.137. The van der Waals surface area contributed by atoms with E-state index in [4.69, 9.17) is 9.84 Å². The summed E-state index contributed by atoms with van der Waals surface area (Å²) in [6, 6.07) is 4.78. The minimum Gasteiger partial charge on any atom is -0.672 e. The number of aliphatic carboxylic acids is 1. The van der Waals surface area contributed by atoms with Gasteiger partial charge in [0.05, 0.1) is 7.11 Å². The van der Waals surface area contributed by atoms with Crippen molar-refractivity contribution in [1.82, 2.24) is 0 Å². The maximum absolute atomic E-state index is 10.7. The van der Waals surface area contributed by atoms with Gasteiger partial charge in [-0.05, 0) is 24.6 Å². The number of ether oxygens (including phenoxy) is 1. The number of fused-ring (bicyclic) bond motifs is 1. The molecular weight excluding hydrogens is 182 g/mol. The Kier molecular flexibility index (Phi) is 2.04. The number of benzene rings is 1. The van der Waals surface area contributed by atoms with Crippen molar-refractivity contribution in [1.29, 1.82) is 0 Å². The lowest BCUT2D eigenvalue weighted by Gasteiger charge is -2.19. The third kappa shape index (κ3) is 1.39. The smallest absolute Gasteiger partial charge is 0.288 e. The van der Waals surface area contributed by atoms with Gasteiger partial charge in [-0.3, -0.25) is 4.79 Å². The van der Waals surface area contributed by atoms with Crippen LogP contribution in [0.2, 0.25) is 0 Å². The molecule has 0 aromatic heterocycles. The average Bonchev–Trinajstić information content (AvgIpc) is 2.59. The molecular formula is C10H10NO3-. The fourth-order valence-corrected chi connectivity index (χ4v) is 1.54. The zero-order chi connectivity index (χ0) is 10.1. The Labute approximate surface area is 81.5 Å². The van der Waals surface area contributed by atoms with Crippen LogP contribution in [0.3, 0.4) is 0 Å². The normalized spacial score (nSPS) is 18.5. The Morgan fingerprint density at radius 2 is 2.43 bits per heavy atom. The van der Waals surface area contributed by atoms with E-state index >= 15 is 0 Å². The third-order valence-electron chi connectivity index (χ3n) is 2.28. The van der Waals surface area contributed by atoms with Crippen molar-refractivity contribution in [3.05, 3.63) is 29.1 Å². The SMILES string of the molecule is COc1ccc2c(c1)CC(C(=O)O)[N-]2. The minimum atomic E-state index is -0.875. The van der Waals surface area contributed by atoms with E-state index in [-0.39, 0.29) is 0 Å². The largest absolute Gasteiger partial charge is 0.672 e. The number of hydrogen-bond acceptors (Lipinski definition) is 2. The predicted octanol–water partition coefficient (Wildman–Crippen LogP) is 1.71. The molecule has 0 bridgehead atoms. The summed E-state index contributed by atoms with van der Waals surface area (Å²) in [6.45, 7) is 0. The number of hydrogen-bond donors (Lipinski definition) is 1. The molecule has 1 heterocycles. The van der Waals surface area contributed by atoms with Gasteiger partial charge in [0.15, 0.2) is 0 Å². The summed E-state index contributed by atoms with van der Waals surface area (Å²) < 4.78 is 5.05. The molecule has 0 spiro atoms. The highest BCUT2D eigenvalue weighted by atomic mass is 16.5. The molecule has 0 radical (unpaired) electrons. The van der Waals surface area contributed by atoms with E-state index < -0.39 is 12.0 Å². The molecule has 0 saturated heterocycles. The predicted molar refractivity (Wildman–Crippen MR) is 51.1 cm³/mol. The number of methoxy groups -OCH3 is 1. The van der Waals surface area contributed by atoms with Gasteiger partial charge in [-0.15, -0.1) is 5.69 Å². The number of carboxylic acids is 1. The first kappa shape index (κ1) is 8.87. The molecule has 1 aliphatic rings. The van der Waals surface area contributed by atoms with Crippen molar-refractivity contribution >= 4 is 11.7 Å². The van der Waals surface area contributed by atoms with Gasteiger partial charge in [0.1, 0.15) is 5.75 Å². The monoisotopic (exact) mass is 192 g/mol. The van der Waals surface area contributed by atoms with Crippen LogP contribution in [0.25, 0.3) is 5.32 Å². The Bertz CT molecular complexity index is 376. The van der Waals surface area contributed by atoms with Crippen LogP contribution in [0, 0.1) is 0 Å². The van der Waals surface area contributed by atoms with Crippen LogP contribution in [0.1, 0.15) is 5.56 Å². The zero-order valence-corrected chi connectivity index (χ0v) is 7.73. The third-order valence-corrected chi connectivity index (χ3v) is 2.28. The summed E-state index contributed by atoms with van der Waals surface area (Å²) in [7, 11) is 1.59. The van der Waals surface area contributed by atoms with Crippen molar-refractivity contribution in [2.75, 3.05) is 7.11 Å². The highest BCUT2D eigenvalue weighted by Crippen LogP contribution is 2.37. The van der Waals surface area contributed by atoms with Gasteiger partial charge >= 0.3 is 0 Å². The highest BCUT2D eigenvalue weighted by Gasteiger charge is 2.16. The van der Waals surface area contributed by atoms with Crippen LogP contribution >= 0.6 is 0 Å². The molecule has 74 valence electrons. The number of nitrogens with zero attached hydrogens (tertiary/aromatic N) is 1. The molecule has 1 aromatic rings. The van der Waals surface area contributed by atoms with E-state index in [9.17, 15) is 4.79 Å². The summed E-state index contributed by atoms with van der Waals surface area (Å²) in [6.07, 6.45) is 0.460. The van der Waals surface area contributed by atoms with Gasteiger partial charge < -0.3 is 15.2 Å². The van der Waals surface area contributed by atoms with Crippen LogP contribution in [-0.4, -0.2) is 24.2 Å². The Morgan fingerprint density at radius 1 is 1.64 bits per heavy atom. The fourth-order valence-electron chi connectivity index (χ4n) is 1.54. The minimum absolute atomic E-state index is 0.460. The van der Waals surface area contributed by atoms with Crippen molar-refractivity contribution in [3.8, 4) is 5.75 Å². The fraction of sp³-hybridized carbons (Fsp3) is 0.300. The van der Waals surface area contributed by atoms with Gasteiger partial charge in [0.25, 0.3) is 5.97 Å². The van der Waals surface area contributed by atoms with Crippen molar-refractivity contribution in [2.24, 2.45) is 0 Å². The lowest BCUT2D eigenvalue weighted by atomic mass is 10.1. The molecule has 0 fully saturated rings. The van der Waals surface area contributed by atoms with Crippen molar-refractivity contribution in [2.45, 2.75) is 12.5 Å². The molecule has 2 rings (SSSR count). The van der Waals surface area contributed by atoms with Gasteiger partial charge in [0.2, 0.25) is 0 Å². The summed E-state index contributed by atoms with van der Waals surface area (Å²) in [4.78, 5) is 10.7. The molecule has 1 atom stereocenters. The topological polar surface area (TPSA) is 60.6 Å². The van der Waals surface area contributed by atoms with E-state index in [0.717, 1.165) is 17.0 Å². The van der Waals surface area contributed by atoms with Crippen LogP contribution in [0.5, 0.6) is 5.75 Å². The zero-order valence-electron chi connectivity index (χ0n) is 7.73. The molecule has 0 saturated carbocycles. The molecule has 1 aromatic carbocycles. The second-order valence-corrected chi connectivity index (χ2v) is 3.18. The first-order valence-electron chi connectivity index (χ1n) is 4.31. The molecule has 14 heavy (non-hydrogen) atoms. The molecule has 1 N–H and O–H groups in total. The second-order valence-electron chi connectivity index (χ2n) is 3.18. The van der Waals surface area contributed by atoms with Gasteiger partial charge in [-0.25, -0.2) is 0 Å². The van der Waals surface area contributed by atoms with E-state index in [2.05, 4.69) is 5.32 Å². The summed E-state index contributed by atoms with van der Waals surface area (Å²) in [5.74, 6) is -0.134. The van der Waals surface area contributed by atoms with Crippen LogP contribution in [0.4, 0.5) is 5.69 Å². The van der Waals surface area contributed by atoms with E-state index in [1.54, 1.807) is 19.2 Å². The Hall–Kier alpha value is -1.71. The van der Waals surface area contributed by atoms with Crippen molar-refractivity contribution < 1.29 is 14.6 Å². The van der Waals surface area contributed by atoms with Crippen LogP contribution in [-0.2, 0) is 11.2 Å². The summed E-state index contributed by atoms with van der Waals surface area (Å²) >= 11 is 0. The van der Waals surface area contributed by atoms with Gasteiger partial charge in [-0.2, -0.15) is 0 Å². The first-order chi connectivity index (χ1) is 6.70. The molecule has 4 heteroatoms. The van der Waals surface area contributed by atoms with E-state index in [1.165, 1.54) is 0 Å². The molecule has 1 aliphatic heterocycles. The first-order valence-corrected chi connectivity index (χ1v) is 4.31.